The predicted octanol–water partition coefficient (Wildman–Crippen LogP) is 0.837. The lowest BCUT2D eigenvalue weighted by Crippen LogP contribution is -2.65. The van der Waals surface area contributed by atoms with E-state index >= 15 is 0 Å². The van der Waals surface area contributed by atoms with Crippen molar-refractivity contribution in [1.82, 2.24) is 5.32 Å². The summed E-state index contributed by atoms with van der Waals surface area (Å²) in [6.07, 6.45) is -5.74. The SMILES string of the molecule is COP(N)(=O)O.COc1ccc(N(OCc2ccccc2)[C@H](C(=O)O[C@H]2[C@H](O)[C@@H](NC(C)=O)C(O)O[C@@H]2CO)C(C)C)cc1. The van der Waals surface area contributed by atoms with Gasteiger partial charge in [-0.2, -0.15) is 0 Å². The van der Waals surface area contributed by atoms with E-state index in [9.17, 15) is 29.5 Å². The lowest BCUT2D eigenvalue weighted by atomic mass is 9.96. The Hall–Kier alpha value is -3.11. The number of anilines is 1. The molecule has 0 aliphatic carbocycles. The van der Waals surface area contributed by atoms with Gasteiger partial charge in [0.2, 0.25) is 5.91 Å². The number of hydrogen-bond donors (Lipinski definition) is 6. The van der Waals surface area contributed by atoms with Crippen LogP contribution in [0.4, 0.5) is 5.69 Å². The molecule has 16 heteroatoms. The van der Waals surface area contributed by atoms with E-state index in [1.807, 2.05) is 44.2 Å². The van der Waals surface area contributed by atoms with Crippen LogP contribution in [0.1, 0.15) is 26.3 Å². The average Bonchev–Trinajstić information content (AvgIpc) is 2.98. The van der Waals surface area contributed by atoms with Crippen LogP contribution in [0.25, 0.3) is 0 Å². The summed E-state index contributed by atoms with van der Waals surface area (Å²) in [6, 6.07) is 14.1. The highest BCUT2D eigenvalue weighted by atomic mass is 31.2. The van der Waals surface area contributed by atoms with E-state index in [1.54, 1.807) is 31.4 Å². The van der Waals surface area contributed by atoms with Crippen molar-refractivity contribution in [3.8, 4) is 5.75 Å². The summed E-state index contributed by atoms with van der Waals surface area (Å²) in [4.78, 5) is 39.3. The fourth-order valence-corrected chi connectivity index (χ4v) is 4.22. The highest BCUT2D eigenvalue weighted by Crippen LogP contribution is 2.29. The lowest BCUT2D eigenvalue weighted by Gasteiger charge is -2.43. The lowest BCUT2D eigenvalue weighted by molar-refractivity contribution is -0.260. The number of methoxy groups -OCH3 is 1. The van der Waals surface area contributed by atoms with E-state index in [2.05, 4.69) is 15.3 Å². The van der Waals surface area contributed by atoms with E-state index in [1.165, 1.54) is 12.0 Å². The number of hydrogen-bond acceptors (Lipinski definition) is 12. The van der Waals surface area contributed by atoms with Crippen molar-refractivity contribution in [3.05, 3.63) is 60.2 Å². The molecule has 246 valence electrons. The topological polar surface area (TPSA) is 220 Å². The third kappa shape index (κ3) is 11.1. The molecule has 1 heterocycles. The van der Waals surface area contributed by atoms with E-state index in [-0.39, 0.29) is 12.5 Å². The van der Waals surface area contributed by atoms with Crippen LogP contribution < -0.4 is 20.6 Å². The minimum absolute atomic E-state index is 0.161. The molecule has 1 aliphatic rings. The zero-order valence-corrected chi connectivity index (χ0v) is 26.1. The molecule has 1 amide bonds. The van der Waals surface area contributed by atoms with Gasteiger partial charge in [-0.05, 0) is 35.7 Å². The Balaban J connectivity index is 0.00000102. The molecule has 0 bridgehead atoms. The molecule has 2 unspecified atom stereocenters. The first-order valence-electron chi connectivity index (χ1n) is 13.6. The van der Waals surface area contributed by atoms with Crippen molar-refractivity contribution in [2.45, 2.75) is 64.1 Å². The maximum absolute atomic E-state index is 13.7. The average molecular weight is 644 g/mol. The van der Waals surface area contributed by atoms with Crippen LogP contribution in [0.15, 0.2) is 54.6 Å². The molecule has 0 aromatic heterocycles. The van der Waals surface area contributed by atoms with E-state index < -0.39 is 62.9 Å². The number of aliphatic hydroxyl groups is 3. The summed E-state index contributed by atoms with van der Waals surface area (Å²) in [5, 5.41) is 34.7. The Morgan fingerprint density at radius 3 is 2.16 bits per heavy atom. The molecule has 7 N–H and O–H groups in total. The molecule has 44 heavy (non-hydrogen) atoms. The first kappa shape index (κ1) is 37.1. The van der Waals surface area contributed by atoms with Crippen LogP contribution in [0.5, 0.6) is 5.75 Å². The number of carbonyl (C=O) groups is 2. The standard InChI is InChI=1S/C27H36N2O9.CH6NO3P/c1-16(2)23(27(34)38-25-21(14-30)37-26(33)22(24(25)32)28-17(3)31)29(19-10-12-20(35-4)13-11-19)36-15-18-8-6-5-7-9-18;1-5-6(2,3)4/h5-13,16,21-26,30,32-33H,14-15H2,1-4H3,(H,28,31);1H3,(H3,2,3,4)/t21-,22-,23+,24-,25-,26?;/m1./s1. The van der Waals surface area contributed by atoms with Crippen molar-refractivity contribution >= 4 is 25.3 Å². The zero-order valence-electron chi connectivity index (χ0n) is 25.2. The zero-order chi connectivity index (χ0) is 33.0. The number of nitrogens with zero attached hydrogens (tertiary/aromatic N) is 1. The molecule has 7 atom stereocenters. The number of nitrogens with two attached hydrogens (primary N) is 1. The number of aliphatic hydroxyl groups excluding tert-OH is 3. The Labute approximate surface area is 256 Å². The van der Waals surface area contributed by atoms with Crippen LogP contribution in [0, 0.1) is 5.92 Å². The number of nitrogens with one attached hydrogen (secondary N) is 1. The second-order valence-corrected chi connectivity index (χ2v) is 11.6. The Morgan fingerprint density at radius 1 is 1.09 bits per heavy atom. The number of esters is 1. The van der Waals surface area contributed by atoms with Gasteiger partial charge < -0.3 is 44.3 Å². The molecule has 2 aromatic rings. The molecular formula is C28H42N3O12P. The van der Waals surface area contributed by atoms with Gasteiger partial charge in [0.15, 0.2) is 18.4 Å². The summed E-state index contributed by atoms with van der Waals surface area (Å²) in [6.45, 7) is 4.36. The molecule has 0 spiro atoms. The van der Waals surface area contributed by atoms with E-state index in [0.29, 0.717) is 11.4 Å². The monoisotopic (exact) mass is 643 g/mol. The third-order valence-electron chi connectivity index (χ3n) is 6.42. The molecule has 15 nitrogen and oxygen atoms in total. The van der Waals surface area contributed by atoms with Gasteiger partial charge >= 0.3 is 13.7 Å². The largest absolute Gasteiger partial charge is 0.497 e. The number of ether oxygens (including phenoxy) is 3. The molecular weight excluding hydrogens is 601 g/mol. The highest BCUT2D eigenvalue weighted by molar-refractivity contribution is 7.50. The summed E-state index contributed by atoms with van der Waals surface area (Å²) in [5.41, 5.74) is 5.86. The third-order valence-corrected chi connectivity index (χ3v) is 6.94. The molecule has 2 aromatic carbocycles. The Bertz CT molecular complexity index is 1210. The summed E-state index contributed by atoms with van der Waals surface area (Å²) < 4.78 is 29.8. The molecule has 1 saturated heterocycles. The first-order chi connectivity index (χ1) is 20.7. The number of carbonyl (C=O) groups excluding carboxylic acids is 2. The Kier molecular flexibility index (Phi) is 14.7. The van der Waals surface area contributed by atoms with Gasteiger partial charge in [-0.3, -0.25) is 9.63 Å². The van der Waals surface area contributed by atoms with Crippen molar-refractivity contribution in [1.29, 1.82) is 0 Å². The van der Waals surface area contributed by atoms with Gasteiger partial charge in [-0.25, -0.2) is 19.9 Å². The molecule has 1 fully saturated rings. The van der Waals surface area contributed by atoms with Crippen LogP contribution in [0.2, 0.25) is 0 Å². The van der Waals surface area contributed by atoms with Crippen molar-refractivity contribution in [2.75, 3.05) is 25.9 Å². The van der Waals surface area contributed by atoms with E-state index in [4.69, 9.17) is 23.9 Å². The minimum atomic E-state index is -3.65. The van der Waals surface area contributed by atoms with Crippen molar-refractivity contribution in [2.24, 2.45) is 11.4 Å². The normalized spacial score (nSPS) is 23.4. The maximum atomic E-state index is 13.7. The van der Waals surface area contributed by atoms with Crippen molar-refractivity contribution < 1.29 is 57.9 Å². The van der Waals surface area contributed by atoms with Gasteiger partial charge in [0, 0.05) is 14.0 Å². The number of amides is 1. The van der Waals surface area contributed by atoms with Gasteiger partial charge in [-0.1, -0.05) is 44.2 Å². The fourth-order valence-electron chi connectivity index (χ4n) is 4.22. The second kappa shape index (κ2) is 17.4. The van der Waals surface area contributed by atoms with Crippen molar-refractivity contribution in [3.63, 3.8) is 0 Å². The van der Waals surface area contributed by atoms with Crippen LogP contribution in [-0.2, 0) is 39.6 Å². The second-order valence-electron chi connectivity index (χ2n) is 10.1. The van der Waals surface area contributed by atoms with Gasteiger partial charge in [-0.15, -0.1) is 0 Å². The van der Waals surface area contributed by atoms with Gasteiger partial charge in [0.1, 0.15) is 24.0 Å². The number of rotatable bonds is 12. The molecule has 0 radical (unpaired) electrons. The van der Waals surface area contributed by atoms with Gasteiger partial charge in [0.05, 0.1) is 26.0 Å². The summed E-state index contributed by atoms with van der Waals surface area (Å²) in [5.74, 6) is -0.986. The smallest absolute Gasteiger partial charge is 0.399 e. The van der Waals surface area contributed by atoms with E-state index in [0.717, 1.165) is 12.7 Å². The predicted molar refractivity (Wildman–Crippen MR) is 158 cm³/mol. The van der Waals surface area contributed by atoms with Crippen LogP contribution in [-0.4, -0.2) is 89.6 Å². The minimum Gasteiger partial charge on any atom is -0.497 e. The highest BCUT2D eigenvalue weighted by Gasteiger charge is 2.48. The summed E-state index contributed by atoms with van der Waals surface area (Å²) in [7, 11) is -1.03. The maximum Gasteiger partial charge on any atom is 0.399 e. The molecule has 0 saturated carbocycles. The van der Waals surface area contributed by atoms with Gasteiger partial charge in [0.25, 0.3) is 0 Å². The molecule has 3 rings (SSSR count). The molecule has 1 aliphatic heterocycles. The fraction of sp³-hybridized carbons (Fsp3) is 0.500. The Morgan fingerprint density at radius 2 is 1.68 bits per heavy atom. The number of benzene rings is 2. The van der Waals surface area contributed by atoms with Crippen LogP contribution >= 0.6 is 7.75 Å². The summed E-state index contributed by atoms with van der Waals surface area (Å²) >= 11 is 0. The number of hydroxylamine groups is 1. The quantitative estimate of drug-likeness (QED) is 0.107. The van der Waals surface area contributed by atoms with Crippen LogP contribution in [0.3, 0.4) is 0 Å². The first-order valence-corrected chi connectivity index (χ1v) is 15.2.